The van der Waals surface area contributed by atoms with E-state index in [9.17, 15) is 4.79 Å². The van der Waals surface area contributed by atoms with Crippen molar-refractivity contribution in [3.8, 4) is 11.8 Å². The van der Waals surface area contributed by atoms with Gasteiger partial charge in [0.15, 0.2) is 0 Å². The minimum Gasteiger partial charge on any atom is -0.495 e. The fourth-order valence-corrected chi connectivity index (χ4v) is 1.36. The standard InChI is InChI=1S/C12H14N2O3/c1-7(2)17-12(15)10-8(6-13)4-5-9(16-3)11(10)14/h4-5,7H,14H2,1-3H3. The van der Waals surface area contributed by atoms with Gasteiger partial charge in [0.1, 0.15) is 17.4 Å². The molecule has 17 heavy (non-hydrogen) atoms. The lowest BCUT2D eigenvalue weighted by Crippen LogP contribution is -2.15. The van der Waals surface area contributed by atoms with Crippen LogP contribution in [0.5, 0.6) is 5.75 Å². The average molecular weight is 234 g/mol. The van der Waals surface area contributed by atoms with E-state index in [-0.39, 0.29) is 22.9 Å². The van der Waals surface area contributed by atoms with Crippen molar-refractivity contribution in [2.24, 2.45) is 0 Å². The number of rotatable bonds is 3. The first-order valence-corrected chi connectivity index (χ1v) is 5.08. The summed E-state index contributed by atoms with van der Waals surface area (Å²) < 4.78 is 10.0. The summed E-state index contributed by atoms with van der Waals surface area (Å²) >= 11 is 0. The molecule has 0 fully saturated rings. The van der Waals surface area contributed by atoms with Crippen LogP contribution in [0.4, 0.5) is 5.69 Å². The molecular weight excluding hydrogens is 220 g/mol. The first-order chi connectivity index (χ1) is 8.01. The van der Waals surface area contributed by atoms with Crippen LogP contribution in [-0.2, 0) is 4.74 Å². The lowest BCUT2D eigenvalue weighted by molar-refractivity contribution is 0.0378. The molecule has 0 atom stereocenters. The van der Waals surface area contributed by atoms with Crippen LogP contribution < -0.4 is 10.5 Å². The van der Waals surface area contributed by atoms with Gasteiger partial charge in [-0.05, 0) is 26.0 Å². The second kappa shape index (κ2) is 5.21. The third-order valence-corrected chi connectivity index (χ3v) is 2.09. The van der Waals surface area contributed by atoms with Gasteiger partial charge in [-0.1, -0.05) is 0 Å². The number of anilines is 1. The number of benzene rings is 1. The highest BCUT2D eigenvalue weighted by Crippen LogP contribution is 2.28. The zero-order valence-corrected chi connectivity index (χ0v) is 9.98. The van der Waals surface area contributed by atoms with Gasteiger partial charge in [-0.2, -0.15) is 5.26 Å². The van der Waals surface area contributed by atoms with Crippen LogP contribution in [0.25, 0.3) is 0 Å². The van der Waals surface area contributed by atoms with E-state index in [4.69, 9.17) is 20.5 Å². The van der Waals surface area contributed by atoms with Crippen LogP contribution in [0.1, 0.15) is 29.8 Å². The Morgan fingerprint density at radius 2 is 2.12 bits per heavy atom. The van der Waals surface area contributed by atoms with Crippen LogP contribution >= 0.6 is 0 Å². The second-order valence-corrected chi connectivity index (χ2v) is 3.67. The Balaban J connectivity index is 3.29. The number of esters is 1. The maximum atomic E-state index is 11.8. The van der Waals surface area contributed by atoms with Gasteiger partial charge in [-0.25, -0.2) is 4.79 Å². The highest BCUT2D eigenvalue weighted by Gasteiger charge is 2.20. The maximum Gasteiger partial charge on any atom is 0.341 e. The summed E-state index contributed by atoms with van der Waals surface area (Å²) in [6.45, 7) is 3.45. The fourth-order valence-electron chi connectivity index (χ4n) is 1.36. The topological polar surface area (TPSA) is 85.3 Å². The van der Waals surface area contributed by atoms with Gasteiger partial charge in [0, 0.05) is 0 Å². The van der Waals surface area contributed by atoms with Crippen LogP contribution in [0.3, 0.4) is 0 Å². The van der Waals surface area contributed by atoms with Crippen molar-refractivity contribution in [3.05, 3.63) is 23.3 Å². The Bertz CT molecular complexity index is 475. The number of hydrogen-bond acceptors (Lipinski definition) is 5. The average Bonchev–Trinajstić information content (AvgIpc) is 2.27. The molecule has 0 aliphatic heterocycles. The molecule has 0 amide bonds. The number of nitrogens with zero attached hydrogens (tertiary/aromatic N) is 1. The molecule has 5 nitrogen and oxygen atoms in total. The van der Waals surface area contributed by atoms with E-state index in [2.05, 4.69) is 0 Å². The predicted molar refractivity (Wildman–Crippen MR) is 62.7 cm³/mol. The number of carbonyl (C=O) groups is 1. The second-order valence-electron chi connectivity index (χ2n) is 3.67. The van der Waals surface area contributed by atoms with Gasteiger partial charge in [0.25, 0.3) is 0 Å². The minimum atomic E-state index is -0.618. The van der Waals surface area contributed by atoms with Crippen molar-refractivity contribution in [2.75, 3.05) is 12.8 Å². The molecular formula is C12H14N2O3. The van der Waals surface area contributed by atoms with Crippen LogP contribution in [0.2, 0.25) is 0 Å². The number of nitrogen functional groups attached to an aromatic ring is 1. The Kier molecular flexibility index (Phi) is 3.94. The molecule has 0 bridgehead atoms. The molecule has 5 heteroatoms. The summed E-state index contributed by atoms with van der Waals surface area (Å²) in [5.74, 6) is -0.271. The fraction of sp³-hybridized carbons (Fsp3) is 0.333. The van der Waals surface area contributed by atoms with E-state index < -0.39 is 5.97 Å². The van der Waals surface area contributed by atoms with Gasteiger partial charge >= 0.3 is 5.97 Å². The quantitative estimate of drug-likeness (QED) is 0.635. The van der Waals surface area contributed by atoms with E-state index >= 15 is 0 Å². The molecule has 0 heterocycles. The third-order valence-electron chi connectivity index (χ3n) is 2.09. The third kappa shape index (κ3) is 2.67. The van der Waals surface area contributed by atoms with E-state index in [1.165, 1.54) is 13.2 Å². The van der Waals surface area contributed by atoms with E-state index in [0.29, 0.717) is 5.75 Å². The zero-order valence-electron chi connectivity index (χ0n) is 9.98. The largest absolute Gasteiger partial charge is 0.495 e. The highest BCUT2D eigenvalue weighted by molar-refractivity contribution is 5.99. The van der Waals surface area contributed by atoms with E-state index in [0.717, 1.165) is 0 Å². The Morgan fingerprint density at radius 3 is 2.59 bits per heavy atom. The zero-order chi connectivity index (χ0) is 13.0. The van der Waals surface area contributed by atoms with Gasteiger partial charge in [0.2, 0.25) is 0 Å². The smallest absolute Gasteiger partial charge is 0.341 e. The Labute approximate surface area is 99.7 Å². The van der Waals surface area contributed by atoms with Crippen molar-refractivity contribution in [3.63, 3.8) is 0 Å². The van der Waals surface area contributed by atoms with E-state index in [1.54, 1.807) is 19.9 Å². The summed E-state index contributed by atoms with van der Waals surface area (Å²) in [6, 6.07) is 4.93. The maximum absolute atomic E-state index is 11.8. The number of nitrogens with two attached hydrogens (primary N) is 1. The van der Waals surface area contributed by atoms with Gasteiger partial charge in [0.05, 0.1) is 24.5 Å². The van der Waals surface area contributed by atoms with Gasteiger partial charge in [-0.15, -0.1) is 0 Å². The SMILES string of the molecule is COc1ccc(C#N)c(C(=O)OC(C)C)c1N. The number of hydrogen-bond donors (Lipinski definition) is 1. The Hall–Kier alpha value is -2.22. The number of methoxy groups -OCH3 is 1. The minimum absolute atomic E-state index is 0.0561. The highest BCUT2D eigenvalue weighted by atomic mass is 16.5. The van der Waals surface area contributed by atoms with Crippen LogP contribution in [0, 0.1) is 11.3 Å². The molecule has 0 aliphatic carbocycles. The molecule has 2 N–H and O–H groups in total. The van der Waals surface area contributed by atoms with Crippen LogP contribution in [0.15, 0.2) is 12.1 Å². The Morgan fingerprint density at radius 1 is 1.47 bits per heavy atom. The molecule has 0 aromatic heterocycles. The molecule has 0 unspecified atom stereocenters. The van der Waals surface area contributed by atoms with Crippen molar-refractivity contribution < 1.29 is 14.3 Å². The first kappa shape index (κ1) is 12.8. The molecule has 0 radical (unpaired) electrons. The summed E-state index contributed by atoms with van der Waals surface area (Å²) in [4.78, 5) is 11.8. The van der Waals surface area contributed by atoms with Crippen molar-refractivity contribution in [1.29, 1.82) is 5.26 Å². The van der Waals surface area contributed by atoms with Gasteiger partial charge in [-0.3, -0.25) is 0 Å². The molecule has 1 rings (SSSR count). The summed E-state index contributed by atoms with van der Waals surface area (Å²) in [5.41, 5.74) is 6.12. The lowest BCUT2D eigenvalue weighted by Gasteiger charge is -2.13. The molecule has 0 saturated heterocycles. The summed E-state index contributed by atoms with van der Waals surface area (Å²) in [6.07, 6.45) is -0.278. The number of carbonyl (C=O) groups excluding carboxylic acids is 1. The van der Waals surface area contributed by atoms with Gasteiger partial charge < -0.3 is 15.2 Å². The number of ether oxygens (including phenoxy) is 2. The monoisotopic (exact) mass is 234 g/mol. The molecule has 0 spiro atoms. The van der Waals surface area contributed by atoms with Crippen LogP contribution in [-0.4, -0.2) is 19.2 Å². The predicted octanol–water partition coefficient (Wildman–Crippen LogP) is 1.71. The van der Waals surface area contributed by atoms with E-state index in [1.807, 2.05) is 6.07 Å². The molecule has 1 aromatic carbocycles. The van der Waals surface area contributed by atoms with Crippen molar-refractivity contribution >= 4 is 11.7 Å². The lowest BCUT2D eigenvalue weighted by atomic mass is 10.1. The van der Waals surface area contributed by atoms with Crippen molar-refractivity contribution in [2.45, 2.75) is 20.0 Å². The molecule has 1 aromatic rings. The molecule has 0 aliphatic rings. The first-order valence-electron chi connectivity index (χ1n) is 5.08. The normalized spacial score (nSPS) is 9.82. The van der Waals surface area contributed by atoms with Crippen molar-refractivity contribution in [1.82, 2.24) is 0 Å². The summed E-state index contributed by atoms with van der Waals surface area (Å²) in [5, 5.41) is 8.94. The summed E-state index contributed by atoms with van der Waals surface area (Å²) in [7, 11) is 1.44. The molecule has 90 valence electrons. The number of nitriles is 1. The molecule has 0 saturated carbocycles.